The van der Waals surface area contributed by atoms with Crippen molar-refractivity contribution in [2.45, 2.75) is 50.5 Å². The summed E-state index contributed by atoms with van der Waals surface area (Å²) in [5, 5.41) is 11.5. The molecule has 0 spiro atoms. The van der Waals surface area contributed by atoms with Gasteiger partial charge in [0.25, 0.3) is 0 Å². The highest BCUT2D eigenvalue weighted by Gasteiger charge is 2.34. The van der Waals surface area contributed by atoms with Gasteiger partial charge in [0.1, 0.15) is 0 Å². The van der Waals surface area contributed by atoms with Gasteiger partial charge in [0, 0.05) is 12.0 Å². The van der Waals surface area contributed by atoms with Crippen molar-refractivity contribution in [3.63, 3.8) is 0 Å². The second kappa shape index (κ2) is 5.72. The molecule has 0 aromatic rings. The topological polar surface area (TPSA) is 75.6 Å². The first-order chi connectivity index (χ1) is 7.58. The number of amides is 1. The zero-order valence-corrected chi connectivity index (χ0v) is 9.62. The van der Waals surface area contributed by atoms with E-state index in [4.69, 9.17) is 5.11 Å². The van der Waals surface area contributed by atoms with Gasteiger partial charge in [-0.15, -0.1) is 0 Å². The van der Waals surface area contributed by atoms with E-state index in [1.54, 1.807) is 0 Å². The first kappa shape index (κ1) is 12.8. The van der Waals surface area contributed by atoms with Gasteiger partial charge in [-0.05, 0) is 19.3 Å². The normalized spacial score (nSPS) is 18.8. The predicted octanol–water partition coefficient (Wildman–Crippen LogP) is 1.91. The van der Waals surface area contributed by atoms with Crippen molar-refractivity contribution in [2.24, 2.45) is 0 Å². The van der Waals surface area contributed by atoms with Gasteiger partial charge in [0.05, 0.1) is 7.11 Å². The molecule has 0 atom stereocenters. The summed E-state index contributed by atoms with van der Waals surface area (Å²) in [6.07, 6.45) is 5.00. The second-order valence-electron chi connectivity index (χ2n) is 4.35. The Morgan fingerprint density at radius 1 is 1.31 bits per heavy atom. The van der Waals surface area contributed by atoms with E-state index in [9.17, 15) is 9.59 Å². The molecule has 5 heteroatoms. The smallest absolute Gasteiger partial charge is 0.407 e. The third-order valence-electron chi connectivity index (χ3n) is 3.18. The fourth-order valence-corrected chi connectivity index (χ4v) is 2.28. The summed E-state index contributed by atoms with van der Waals surface area (Å²) in [6, 6.07) is 0. The molecule has 0 radical (unpaired) electrons. The Morgan fingerprint density at radius 3 is 2.44 bits per heavy atom. The van der Waals surface area contributed by atoms with Crippen LogP contribution in [0, 0.1) is 0 Å². The molecule has 1 amide bonds. The van der Waals surface area contributed by atoms with Crippen molar-refractivity contribution >= 4 is 12.1 Å². The van der Waals surface area contributed by atoms with Crippen LogP contribution in [0.4, 0.5) is 4.79 Å². The molecule has 0 bridgehead atoms. The number of rotatable bonds is 4. The van der Waals surface area contributed by atoms with Gasteiger partial charge < -0.3 is 15.2 Å². The number of hydrogen-bond acceptors (Lipinski definition) is 3. The van der Waals surface area contributed by atoms with E-state index in [1.807, 2.05) is 0 Å². The molecule has 1 fully saturated rings. The van der Waals surface area contributed by atoms with Crippen molar-refractivity contribution in [3.05, 3.63) is 0 Å². The fourth-order valence-electron chi connectivity index (χ4n) is 2.28. The first-order valence-corrected chi connectivity index (χ1v) is 5.66. The van der Waals surface area contributed by atoms with Crippen molar-refractivity contribution in [2.75, 3.05) is 7.11 Å². The Balaban J connectivity index is 2.59. The van der Waals surface area contributed by atoms with Crippen LogP contribution in [-0.4, -0.2) is 29.8 Å². The Labute approximate surface area is 95.2 Å². The third-order valence-corrected chi connectivity index (χ3v) is 3.18. The molecule has 0 heterocycles. The highest BCUT2D eigenvalue weighted by atomic mass is 16.5. The van der Waals surface area contributed by atoms with Crippen LogP contribution in [-0.2, 0) is 9.53 Å². The quantitative estimate of drug-likeness (QED) is 0.772. The Morgan fingerprint density at radius 2 is 1.94 bits per heavy atom. The Kier molecular flexibility index (Phi) is 4.58. The lowest BCUT2D eigenvalue weighted by Crippen LogP contribution is -2.50. The molecule has 92 valence electrons. The summed E-state index contributed by atoms with van der Waals surface area (Å²) in [6.45, 7) is 0. The molecule has 0 aliphatic heterocycles. The van der Waals surface area contributed by atoms with Crippen LogP contribution in [0.5, 0.6) is 0 Å². The maximum Gasteiger partial charge on any atom is 0.407 e. The zero-order chi connectivity index (χ0) is 12.0. The molecule has 0 aromatic heterocycles. The van der Waals surface area contributed by atoms with E-state index in [-0.39, 0.29) is 12.0 Å². The van der Waals surface area contributed by atoms with Crippen LogP contribution in [0.2, 0.25) is 0 Å². The summed E-state index contributed by atoms with van der Waals surface area (Å²) in [5.74, 6) is -0.823. The molecule has 1 aliphatic carbocycles. The van der Waals surface area contributed by atoms with Crippen LogP contribution in [0.25, 0.3) is 0 Å². The summed E-state index contributed by atoms with van der Waals surface area (Å²) >= 11 is 0. The number of methoxy groups -OCH3 is 1. The summed E-state index contributed by atoms with van der Waals surface area (Å²) in [4.78, 5) is 21.8. The molecule has 1 rings (SSSR count). The molecule has 0 unspecified atom stereocenters. The summed E-state index contributed by atoms with van der Waals surface area (Å²) in [7, 11) is 1.32. The number of carboxylic acid groups (broad SMARTS) is 1. The molecule has 5 nitrogen and oxygen atoms in total. The van der Waals surface area contributed by atoms with Crippen LogP contribution >= 0.6 is 0 Å². The number of ether oxygens (including phenoxy) is 1. The average molecular weight is 229 g/mol. The highest BCUT2D eigenvalue weighted by Crippen LogP contribution is 2.32. The van der Waals surface area contributed by atoms with Crippen LogP contribution in [0.15, 0.2) is 0 Å². The van der Waals surface area contributed by atoms with Gasteiger partial charge in [0.2, 0.25) is 0 Å². The molecule has 0 aromatic carbocycles. The van der Waals surface area contributed by atoms with Gasteiger partial charge in [-0.3, -0.25) is 4.79 Å². The predicted molar refractivity (Wildman–Crippen MR) is 58.2 cm³/mol. The molecule has 1 saturated carbocycles. The van der Waals surface area contributed by atoms with Gasteiger partial charge >= 0.3 is 12.1 Å². The fraction of sp³-hybridized carbons (Fsp3) is 0.818. The van der Waals surface area contributed by atoms with E-state index in [0.717, 1.165) is 32.1 Å². The minimum absolute atomic E-state index is 0.0873. The van der Waals surface area contributed by atoms with Crippen molar-refractivity contribution in [3.8, 4) is 0 Å². The first-order valence-electron chi connectivity index (χ1n) is 5.66. The monoisotopic (exact) mass is 229 g/mol. The molecule has 2 N–H and O–H groups in total. The lowest BCUT2D eigenvalue weighted by molar-refractivity contribution is -0.137. The van der Waals surface area contributed by atoms with E-state index in [0.29, 0.717) is 6.42 Å². The number of carbonyl (C=O) groups is 2. The van der Waals surface area contributed by atoms with E-state index >= 15 is 0 Å². The van der Waals surface area contributed by atoms with Crippen LogP contribution < -0.4 is 5.32 Å². The number of carboxylic acids is 1. The summed E-state index contributed by atoms with van der Waals surface area (Å²) < 4.78 is 4.59. The molecule has 16 heavy (non-hydrogen) atoms. The van der Waals surface area contributed by atoms with E-state index < -0.39 is 12.1 Å². The van der Waals surface area contributed by atoms with Crippen molar-refractivity contribution in [1.82, 2.24) is 5.32 Å². The van der Waals surface area contributed by atoms with Crippen molar-refractivity contribution < 1.29 is 19.4 Å². The number of alkyl carbamates (subject to hydrolysis) is 1. The molecule has 0 saturated heterocycles. The van der Waals surface area contributed by atoms with Crippen LogP contribution in [0.1, 0.15) is 44.9 Å². The molecular formula is C11H19NO4. The van der Waals surface area contributed by atoms with Gasteiger partial charge in [-0.2, -0.15) is 0 Å². The number of hydrogen-bond donors (Lipinski definition) is 2. The number of carbonyl (C=O) groups excluding carboxylic acids is 1. The lowest BCUT2D eigenvalue weighted by Gasteiger charge is -2.37. The number of nitrogens with one attached hydrogen (secondary N) is 1. The van der Waals surface area contributed by atoms with E-state index in [2.05, 4.69) is 10.1 Å². The van der Waals surface area contributed by atoms with Crippen LogP contribution in [0.3, 0.4) is 0 Å². The van der Waals surface area contributed by atoms with Gasteiger partial charge in [-0.1, -0.05) is 19.3 Å². The second-order valence-corrected chi connectivity index (χ2v) is 4.35. The largest absolute Gasteiger partial charge is 0.481 e. The maximum atomic E-state index is 11.2. The highest BCUT2D eigenvalue weighted by molar-refractivity contribution is 5.69. The van der Waals surface area contributed by atoms with Gasteiger partial charge in [0.15, 0.2) is 0 Å². The molecule has 1 aliphatic rings. The number of aliphatic carboxylic acids is 1. The third kappa shape index (κ3) is 3.72. The summed E-state index contributed by atoms with van der Waals surface area (Å²) in [5.41, 5.74) is -0.371. The minimum atomic E-state index is -0.823. The molecular weight excluding hydrogens is 210 g/mol. The lowest BCUT2D eigenvalue weighted by atomic mass is 9.78. The Hall–Kier alpha value is -1.26. The van der Waals surface area contributed by atoms with Crippen molar-refractivity contribution in [1.29, 1.82) is 0 Å². The SMILES string of the molecule is COC(=O)NC1(CCC(=O)O)CCCCC1. The van der Waals surface area contributed by atoms with E-state index in [1.165, 1.54) is 7.11 Å². The average Bonchev–Trinajstić information content (AvgIpc) is 2.28. The minimum Gasteiger partial charge on any atom is -0.481 e. The van der Waals surface area contributed by atoms with Gasteiger partial charge in [-0.25, -0.2) is 4.79 Å². The zero-order valence-electron chi connectivity index (χ0n) is 9.62. The Bertz CT molecular complexity index is 259. The maximum absolute atomic E-state index is 11.2. The standard InChI is InChI=1S/C11H19NO4/c1-16-10(15)12-11(8-5-9(13)14)6-3-2-4-7-11/h2-8H2,1H3,(H,12,15)(H,13,14).